The van der Waals surface area contributed by atoms with Crippen molar-refractivity contribution in [2.24, 2.45) is 0 Å². The summed E-state index contributed by atoms with van der Waals surface area (Å²) in [6.45, 7) is 3.80. The first-order chi connectivity index (χ1) is 9.43. The van der Waals surface area contributed by atoms with Crippen LogP contribution < -0.4 is 5.32 Å². The molecule has 0 aliphatic heterocycles. The summed E-state index contributed by atoms with van der Waals surface area (Å²) in [6, 6.07) is 7.01. The third kappa shape index (κ3) is 5.48. The Balaban J connectivity index is 2.59. The van der Waals surface area contributed by atoms with E-state index in [1.54, 1.807) is 13.8 Å². The first kappa shape index (κ1) is 16.9. The zero-order chi connectivity index (χ0) is 15.1. The van der Waals surface area contributed by atoms with E-state index in [1.165, 1.54) is 4.90 Å². The number of carbonyl (C=O) groups excluding carboxylic acids is 1. The highest BCUT2D eigenvalue weighted by molar-refractivity contribution is 9.10. The van der Waals surface area contributed by atoms with Gasteiger partial charge < -0.3 is 20.4 Å². The molecule has 0 aromatic heterocycles. The maximum Gasteiger partial charge on any atom is 0.318 e. The number of halogens is 1. The molecule has 1 aromatic rings. The van der Waals surface area contributed by atoms with Crippen molar-refractivity contribution in [2.45, 2.75) is 32.5 Å². The molecule has 112 valence electrons. The Kier molecular flexibility index (Phi) is 6.98. The SMILES string of the molecule is CC(O)CN(C(=O)NCc1ccc(Br)cc1)C(C)CO. The molecule has 0 spiro atoms. The van der Waals surface area contributed by atoms with E-state index in [4.69, 9.17) is 0 Å². The average Bonchev–Trinajstić information content (AvgIpc) is 2.42. The lowest BCUT2D eigenvalue weighted by molar-refractivity contribution is 0.0936. The molecular weight excluding hydrogens is 324 g/mol. The fourth-order valence-corrected chi connectivity index (χ4v) is 1.99. The standard InChI is InChI=1S/C14H21BrN2O3/c1-10(9-18)17(8-11(2)19)14(20)16-7-12-3-5-13(15)6-4-12/h3-6,10-11,18-19H,7-9H2,1-2H3,(H,16,20). The van der Waals surface area contributed by atoms with Crippen LogP contribution in [0.4, 0.5) is 4.79 Å². The molecule has 20 heavy (non-hydrogen) atoms. The van der Waals surface area contributed by atoms with Crippen LogP contribution in [-0.4, -0.2) is 46.4 Å². The number of amides is 2. The van der Waals surface area contributed by atoms with E-state index in [9.17, 15) is 15.0 Å². The van der Waals surface area contributed by atoms with Gasteiger partial charge in [0.25, 0.3) is 0 Å². The van der Waals surface area contributed by atoms with E-state index >= 15 is 0 Å². The van der Waals surface area contributed by atoms with Crippen LogP contribution in [0, 0.1) is 0 Å². The topological polar surface area (TPSA) is 72.8 Å². The van der Waals surface area contributed by atoms with Gasteiger partial charge in [0.1, 0.15) is 0 Å². The molecule has 0 radical (unpaired) electrons. The van der Waals surface area contributed by atoms with Crippen molar-refractivity contribution >= 4 is 22.0 Å². The second-order valence-electron chi connectivity index (χ2n) is 4.82. The quantitative estimate of drug-likeness (QED) is 0.735. The fourth-order valence-electron chi connectivity index (χ4n) is 1.73. The van der Waals surface area contributed by atoms with Gasteiger partial charge in [0, 0.05) is 17.6 Å². The highest BCUT2D eigenvalue weighted by atomic mass is 79.9. The zero-order valence-electron chi connectivity index (χ0n) is 11.7. The number of urea groups is 1. The minimum absolute atomic E-state index is 0.140. The molecule has 5 nitrogen and oxygen atoms in total. The first-order valence-electron chi connectivity index (χ1n) is 6.52. The third-order valence-electron chi connectivity index (χ3n) is 2.88. The lowest BCUT2D eigenvalue weighted by Gasteiger charge is -2.29. The van der Waals surface area contributed by atoms with Crippen LogP contribution in [0.3, 0.4) is 0 Å². The zero-order valence-corrected chi connectivity index (χ0v) is 13.3. The van der Waals surface area contributed by atoms with Gasteiger partial charge >= 0.3 is 6.03 Å². The second kappa shape index (κ2) is 8.24. The Morgan fingerprint density at radius 1 is 1.35 bits per heavy atom. The molecule has 1 aromatic carbocycles. The van der Waals surface area contributed by atoms with Crippen molar-refractivity contribution < 1.29 is 15.0 Å². The minimum atomic E-state index is -0.637. The molecule has 0 saturated heterocycles. The molecule has 2 amide bonds. The van der Waals surface area contributed by atoms with Crippen LogP contribution >= 0.6 is 15.9 Å². The van der Waals surface area contributed by atoms with Crippen LogP contribution in [-0.2, 0) is 6.54 Å². The average molecular weight is 345 g/mol. The van der Waals surface area contributed by atoms with Crippen LogP contribution in [0.5, 0.6) is 0 Å². The number of aliphatic hydroxyl groups is 2. The number of nitrogens with one attached hydrogen (secondary N) is 1. The second-order valence-corrected chi connectivity index (χ2v) is 5.73. The van der Waals surface area contributed by atoms with Gasteiger partial charge in [-0.25, -0.2) is 4.79 Å². The maximum absolute atomic E-state index is 12.1. The van der Waals surface area contributed by atoms with Gasteiger partial charge in [-0.15, -0.1) is 0 Å². The van der Waals surface area contributed by atoms with Crippen molar-refractivity contribution in [1.82, 2.24) is 10.2 Å². The lowest BCUT2D eigenvalue weighted by atomic mass is 10.2. The number of carbonyl (C=O) groups is 1. The summed E-state index contributed by atoms with van der Waals surface area (Å²) in [6.07, 6.45) is -0.637. The molecule has 0 aliphatic carbocycles. The van der Waals surface area contributed by atoms with E-state index in [1.807, 2.05) is 24.3 Å². The predicted molar refractivity (Wildman–Crippen MR) is 81.3 cm³/mol. The summed E-state index contributed by atoms with van der Waals surface area (Å²) < 4.78 is 0.984. The molecule has 0 saturated carbocycles. The van der Waals surface area contributed by atoms with Crippen molar-refractivity contribution in [3.8, 4) is 0 Å². The molecule has 1 rings (SSSR count). The molecule has 0 aliphatic rings. The Morgan fingerprint density at radius 2 is 1.95 bits per heavy atom. The molecule has 0 bridgehead atoms. The van der Waals surface area contributed by atoms with Gasteiger partial charge in [-0.05, 0) is 31.5 Å². The Hall–Kier alpha value is -1.11. The van der Waals surface area contributed by atoms with E-state index in [0.29, 0.717) is 6.54 Å². The van der Waals surface area contributed by atoms with Crippen LogP contribution in [0.1, 0.15) is 19.4 Å². The number of nitrogens with zero attached hydrogens (tertiary/aromatic N) is 1. The van der Waals surface area contributed by atoms with Crippen LogP contribution in [0.2, 0.25) is 0 Å². The molecule has 2 unspecified atom stereocenters. The van der Waals surface area contributed by atoms with Gasteiger partial charge in [-0.2, -0.15) is 0 Å². The summed E-state index contributed by atoms with van der Waals surface area (Å²) in [5.74, 6) is 0. The summed E-state index contributed by atoms with van der Waals surface area (Å²) in [5, 5.41) is 21.4. The van der Waals surface area contributed by atoms with E-state index in [2.05, 4.69) is 21.2 Å². The highest BCUT2D eigenvalue weighted by Crippen LogP contribution is 2.10. The van der Waals surface area contributed by atoms with Gasteiger partial charge in [-0.1, -0.05) is 28.1 Å². The summed E-state index contributed by atoms with van der Waals surface area (Å²) in [7, 11) is 0. The van der Waals surface area contributed by atoms with Crippen molar-refractivity contribution in [1.29, 1.82) is 0 Å². The smallest absolute Gasteiger partial charge is 0.318 e. The molecule has 0 heterocycles. The summed E-state index contributed by atoms with van der Waals surface area (Å²) in [4.78, 5) is 13.5. The highest BCUT2D eigenvalue weighted by Gasteiger charge is 2.20. The number of rotatable bonds is 6. The number of aliphatic hydroxyl groups excluding tert-OH is 2. The number of hydrogen-bond acceptors (Lipinski definition) is 3. The monoisotopic (exact) mass is 344 g/mol. The Labute approximate surface area is 127 Å². The lowest BCUT2D eigenvalue weighted by Crippen LogP contribution is -2.49. The largest absolute Gasteiger partial charge is 0.394 e. The predicted octanol–water partition coefficient (Wildman–Crippen LogP) is 1.72. The Morgan fingerprint density at radius 3 is 2.45 bits per heavy atom. The van der Waals surface area contributed by atoms with Crippen LogP contribution in [0.15, 0.2) is 28.7 Å². The Bertz CT molecular complexity index is 423. The first-order valence-corrected chi connectivity index (χ1v) is 7.31. The maximum atomic E-state index is 12.1. The van der Waals surface area contributed by atoms with E-state index < -0.39 is 6.10 Å². The molecule has 6 heteroatoms. The van der Waals surface area contributed by atoms with Crippen LogP contribution in [0.25, 0.3) is 0 Å². The van der Waals surface area contributed by atoms with Crippen molar-refractivity contribution in [3.05, 3.63) is 34.3 Å². The summed E-state index contributed by atoms with van der Waals surface area (Å²) >= 11 is 3.35. The van der Waals surface area contributed by atoms with Crippen molar-refractivity contribution in [2.75, 3.05) is 13.2 Å². The molecule has 2 atom stereocenters. The van der Waals surface area contributed by atoms with E-state index in [-0.39, 0.29) is 25.2 Å². The normalized spacial score (nSPS) is 13.7. The summed E-state index contributed by atoms with van der Waals surface area (Å²) in [5.41, 5.74) is 0.982. The van der Waals surface area contributed by atoms with Gasteiger partial charge in [0.2, 0.25) is 0 Å². The third-order valence-corrected chi connectivity index (χ3v) is 3.40. The van der Waals surface area contributed by atoms with Gasteiger partial charge in [0.15, 0.2) is 0 Å². The van der Waals surface area contributed by atoms with Gasteiger partial charge in [0.05, 0.1) is 18.8 Å². The van der Waals surface area contributed by atoms with E-state index in [0.717, 1.165) is 10.0 Å². The minimum Gasteiger partial charge on any atom is -0.394 e. The number of benzene rings is 1. The van der Waals surface area contributed by atoms with Crippen molar-refractivity contribution in [3.63, 3.8) is 0 Å². The molecule has 0 fully saturated rings. The molecular formula is C14H21BrN2O3. The number of hydrogen-bond donors (Lipinski definition) is 3. The molecule has 3 N–H and O–H groups in total. The van der Waals surface area contributed by atoms with Gasteiger partial charge in [-0.3, -0.25) is 0 Å². The fraction of sp³-hybridized carbons (Fsp3) is 0.500.